The molecule has 2 rings (SSSR count). The van der Waals surface area contributed by atoms with Gasteiger partial charge < -0.3 is 15.4 Å². The Morgan fingerprint density at radius 1 is 1.26 bits per heavy atom. The van der Waals surface area contributed by atoms with Crippen molar-refractivity contribution in [2.45, 2.75) is 44.6 Å². The van der Waals surface area contributed by atoms with Crippen LogP contribution in [-0.2, 0) is 0 Å². The number of rotatable bonds is 3. The Hall–Kier alpha value is -1.29. The fourth-order valence-electron chi connectivity index (χ4n) is 2.59. The minimum atomic E-state index is 0.140. The summed E-state index contributed by atoms with van der Waals surface area (Å²) in [6.45, 7) is 2.26. The molecule has 1 aromatic carbocycles. The first kappa shape index (κ1) is 14.1. The Kier molecular flexibility index (Phi) is 4.64. The first-order chi connectivity index (χ1) is 9.11. The molecule has 0 unspecified atom stereocenters. The maximum Gasteiger partial charge on any atom is 0.171 e. The molecule has 104 valence electrons. The van der Waals surface area contributed by atoms with Gasteiger partial charge in [-0.15, -0.1) is 0 Å². The maximum absolute atomic E-state index is 5.41. The van der Waals surface area contributed by atoms with Crippen molar-refractivity contribution in [2.24, 2.45) is 0 Å². The second-order valence-electron chi connectivity index (χ2n) is 5.43. The van der Waals surface area contributed by atoms with E-state index < -0.39 is 0 Å². The van der Waals surface area contributed by atoms with Crippen molar-refractivity contribution in [2.75, 3.05) is 12.4 Å². The monoisotopic (exact) mass is 278 g/mol. The normalized spacial score (nSPS) is 17.6. The Bertz CT molecular complexity index is 442. The van der Waals surface area contributed by atoms with Gasteiger partial charge in [-0.3, -0.25) is 0 Å². The molecule has 0 radical (unpaired) electrons. The van der Waals surface area contributed by atoms with Crippen LogP contribution in [0.4, 0.5) is 5.69 Å². The van der Waals surface area contributed by atoms with Gasteiger partial charge in [0.15, 0.2) is 5.11 Å². The molecule has 4 heteroatoms. The molecule has 1 saturated carbocycles. The first-order valence-electron chi connectivity index (χ1n) is 6.84. The van der Waals surface area contributed by atoms with Crippen LogP contribution in [0.15, 0.2) is 24.3 Å². The van der Waals surface area contributed by atoms with Gasteiger partial charge in [-0.25, -0.2) is 0 Å². The summed E-state index contributed by atoms with van der Waals surface area (Å²) < 4.78 is 5.20. The van der Waals surface area contributed by atoms with Gasteiger partial charge in [0.2, 0.25) is 0 Å². The quantitative estimate of drug-likeness (QED) is 0.826. The van der Waals surface area contributed by atoms with Crippen LogP contribution in [-0.4, -0.2) is 17.8 Å². The van der Waals surface area contributed by atoms with Gasteiger partial charge in [-0.05, 0) is 44.1 Å². The summed E-state index contributed by atoms with van der Waals surface area (Å²) >= 11 is 5.41. The summed E-state index contributed by atoms with van der Waals surface area (Å²) in [5.41, 5.74) is 1.09. The summed E-state index contributed by atoms with van der Waals surface area (Å²) in [6, 6.07) is 7.80. The standard InChI is InChI=1S/C15H22N2OS/c1-15(9-4-3-5-10-15)17-14(19)16-12-7-6-8-13(11-12)18-2/h6-8,11H,3-5,9-10H2,1-2H3,(H2,16,17,19). The third-order valence-corrected chi connectivity index (χ3v) is 3.90. The number of hydrogen-bond donors (Lipinski definition) is 2. The number of benzene rings is 1. The summed E-state index contributed by atoms with van der Waals surface area (Å²) in [5.74, 6) is 0.830. The van der Waals surface area contributed by atoms with E-state index in [0.29, 0.717) is 5.11 Å². The zero-order valence-electron chi connectivity index (χ0n) is 11.7. The minimum Gasteiger partial charge on any atom is -0.497 e. The fraction of sp³-hybridized carbons (Fsp3) is 0.533. The summed E-state index contributed by atoms with van der Waals surface area (Å²) in [6.07, 6.45) is 6.28. The van der Waals surface area contributed by atoms with E-state index in [0.717, 1.165) is 11.4 Å². The van der Waals surface area contributed by atoms with Crippen LogP contribution in [0.5, 0.6) is 5.75 Å². The molecule has 0 saturated heterocycles. The molecule has 0 aliphatic heterocycles. The number of methoxy groups -OCH3 is 1. The number of nitrogens with one attached hydrogen (secondary N) is 2. The van der Waals surface area contributed by atoms with Gasteiger partial charge in [0.05, 0.1) is 7.11 Å². The Morgan fingerprint density at radius 2 is 2.00 bits per heavy atom. The van der Waals surface area contributed by atoms with Crippen LogP contribution >= 0.6 is 12.2 Å². The van der Waals surface area contributed by atoms with Crippen LogP contribution in [0.2, 0.25) is 0 Å². The van der Waals surface area contributed by atoms with Gasteiger partial charge in [-0.1, -0.05) is 25.3 Å². The van der Waals surface area contributed by atoms with Crippen molar-refractivity contribution in [1.29, 1.82) is 0 Å². The van der Waals surface area contributed by atoms with Gasteiger partial charge >= 0.3 is 0 Å². The van der Waals surface area contributed by atoms with Gasteiger partial charge in [0.25, 0.3) is 0 Å². The molecule has 1 fully saturated rings. The van der Waals surface area contributed by atoms with Gasteiger partial charge in [0, 0.05) is 17.3 Å². The highest BCUT2D eigenvalue weighted by atomic mass is 32.1. The van der Waals surface area contributed by atoms with E-state index in [2.05, 4.69) is 17.6 Å². The molecule has 0 heterocycles. The largest absolute Gasteiger partial charge is 0.497 e. The van der Waals surface area contributed by atoms with E-state index in [-0.39, 0.29) is 5.54 Å². The van der Waals surface area contributed by atoms with E-state index in [4.69, 9.17) is 17.0 Å². The third-order valence-electron chi connectivity index (χ3n) is 3.70. The topological polar surface area (TPSA) is 33.3 Å². The second-order valence-corrected chi connectivity index (χ2v) is 5.84. The lowest BCUT2D eigenvalue weighted by molar-refractivity contribution is 0.292. The Morgan fingerprint density at radius 3 is 2.68 bits per heavy atom. The van der Waals surface area contributed by atoms with E-state index in [1.54, 1.807) is 7.11 Å². The summed E-state index contributed by atoms with van der Waals surface area (Å²) in [5, 5.41) is 7.38. The highest BCUT2D eigenvalue weighted by Crippen LogP contribution is 2.27. The van der Waals surface area contributed by atoms with Crippen molar-refractivity contribution in [1.82, 2.24) is 5.32 Å². The summed E-state index contributed by atoms with van der Waals surface area (Å²) in [4.78, 5) is 0. The van der Waals surface area contributed by atoms with Crippen molar-refractivity contribution >= 4 is 23.0 Å². The zero-order chi connectivity index (χ0) is 13.7. The minimum absolute atomic E-state index is 0.140. The first-order valence-corrected chi connectivity index (χ1v) is 7.25. The van der Waals surface area contributed by atoms with Crippen LogP contribution in [0.3, 0.4) is 0 Å². The lowest BCUT2D eigenvalue weighted by Crippen LogP contribution is -2.48. The molecule has 0 aromatic heterocycles. The maximum atomic E-state index is 5.41. The predicted octanol–water partition coefficient (Wildman–Crippen LogP) is 3.70. The Labute approximate surface area is 120 Å². The van der Waals surface area contributed by atoms with Crippen molar-refractivity contribution in [3.63, 3.8) is 0 Å². The molecule has 0 spiro atoms. The molecule has 0 bridgehead atoms. The predicted molar refractivity (Wildman–Crippen MR) is 83.8 cm³/mol. The van der Waals surface area contributed by atoms with E-state index >= 15 is 0 Å². The van der Waals surface area contributed by atoms with E-state index in [1.807, 2.05) is 24.3 Å². The van der Waals surface area contributed by atoms with Crippen molar-refractivity contribution in [3.05, 3.63) is 24.3 Å². The Balaban J connectivity index is 1.93. The lowest BCUT2D eigenvalue weighted by atomic mass is 9.83. The van der Waals surface area contributed by atoms with Crippen molar-refractivity contribution in [3.8, 4) is 5.75 Å². The SMILES string of the molecule is COc1cccc(NC(=S)NC2(C)CCCCC2)c1. The van der Waals surface area contributed by atoms with Crippen LogP contribution in [0.1, 0.15) is 39.0 Å². The molecule has 2 N–H and O–H groups in total. The molecular formula is C15H22N2OS. The average Bonchev–Trinajstić information content (AvgIpc) is 2.39. The molecular weight excluding hydrogens is 256 g/mol. The summed E-state index contributed by atoms with van der Waals surface area (Å²) in [7, 11) is 1.67. The number of hydrogen-bond acceptors (Lipinski definition) is 2. The fourth-order valence-corrected chi connectivity index (χ4v) is 2.96. The molecule has 19 heavy (non-hydrogen) atoms. The lowest BCUT2D eigenvalue weighted by Gasteiger charge is -2.35. The smallest absolute Gasteiger partial charge is 0.171 e. The molecule has 1 aliphatic carbocycles. The molecule has 1 aliphatic rings. The molecule has 3 nitrogen and oxygen atoms in total. The van der Waals surface area contributed by atoms with Crippen LogP contribution in [0.25, 0.3) is 0 Å². The second kappa shape index (κ2) is 6.24. The molecule has 0 atom stereocenters. The molecule has 1 aromatic rings. The zero-order valence-corrected chi connectivity index (χ0v) is 12.5. The molecule has 0 amide bonds. The average molecular weight is 278 g/mol. The van der Waals surface area contributed by atoms with Gasteiger partial charge in [-0.2, -0.15) is 0 Å². The van der Waals surface area contributed by atoms with Crippen LogP contribution in [0, 0.1) is 0 Å². The van der Waals surface area contributed by atoms with E-state index in [9.17, 15) is 0 Å². The number of ether oxygens (including phenoxy) is 1. The number of thiocarbonyl (C=S) groups is 1. The van der Waals surface area contributed by atoms with Gasteiger partial charge in [0.1, 0.15) is 5.75 Å². The van der Waals surface area contributed by atoms with E-state index in [1.165, 1.54) is 32.1 Å². The number of anilines is 1. The third kappa shape index (κ3) is 4.10. The van der Waals surface area contributed by atoms with Crippen LogP contribution < -0.4 is 15.4 Å². The van der Waals surface area contributed by atoms with Crippen molar-refractivity contribution < 1.29 is 4.74 Å². The highest BCUT2D eigenvalue weighted by Gasteiger charge is 2.27. The highest BCUT2D eigenvalue weighted by molar-refractivity contribution is 7.80.